The molecule has 0 fully saturated rings. The largest absolute Gasteiger partial charge is 0.508 e. The van der Waals surface area contributed by atoms with E-state index in [2.05, 4.69) is 22.5 Å². The Bertz CT molecular complexity index is 1020. The van der Waals surface area contributed by atoms with Crippen LogP contribution >= 0.6 is 11.3 Å². The van der Waals surface area contributed by atoms with Crippen molar-refractivity contribution in [2.24, 2.45) is 0 Å². The van der Waals surface area contributed by atoms with E-state index in [4.69, 9.17) is 10.5 Å². The van der Waals surface area contributed by atoms with Crippen LogP contribution in [0.25, 0.3) is 0 Å². The van der Waals surface area contributed by atoms with E-state index in [-0.39, 0.29) is 17.4 Å². The van der Waals surface area contributed by atoms with Gasteiger partial charge in [0.1, 0.15) is 28.8 Å². The lowest BCUT2D eigenvalue weighted by Crippen LogP contribution is -2.20. The van der Waals surface area contributed by atoms with E-state index >= 15 is 0 Å². The molecule has 0 amide bonds. The summed E-state index contributed by atoms with van der Waals surface area (Å²) in [4.78, 5) is 17.6. The Labute approximate surface area is 186 Å². The van der Waals surface area contributed by atoms with Gasteiger partial charge in [0, 0.05) is 17.8 Å². The van der Waals surface area contributed by atoms with Crippen molar-refractivity contribution >= 4 is 33.8 Å². The molecule has 0 saturated heterocycles. The number of aromatic nitrogens is 1. The van der Waals surface area contributed by atoms with Gasteiger partial charge in [-0.3, -0.25) is 4.79 Å². The van der Waals surface area contributed by atoms with Crippen molar-refractivity contribution in [1.82, 2.24) is 10.3 Å². The highest BCUT2D eigenvalue weighted by molar-refractivity contribution is 7.18. The summed E-state index contributed by atoms with van der Waals surface area (Å²) < 4.78 is 5.67. The van der Waals surface area contributed by atoms with Gasteiger partial charge in [0.05, 0.1) is 0 Å². The molecular formula is C23H28N4O3S. The Morgan fingerprint density at radius 2 is 1.97 bits per heavy atom. The van der Waals surface area contributed by atoms with Crippen LogP contribution in [0.2, 0.25) is 0 Å². The van der Waals surface area contributed by atoms with E-state index in [1.165, 1.54) is 11.3 Å². The number of aryl methyl sites for hydroxylation is 1. The lowest BCUT2D eigenvalue weighted by Gasteiger charge is -2.08. The van der Waals surface area contributed by atoms with Gasteiger partial charge in [-0.2, -0.15) is 0 Å². The summed E-state index contributed by atoms with van der Waals surface area (Å²) in [5.41, 5.74) is 8.09. The second-order valence-corrected chi connectivity index (χ2v) is 8.01. The van der Waals surface area contributed by atoms with Crippen LogP contribution in [0.15, 0.2) is 42.5 Å². The number of likely N-dealkylation sites (N-methyl/N-ethyl adjacent to an activating group) is 1. The number of benzene rings is 2. The molecule has 8 heteroatoms. The Hall–Kier alpha value is -3.10. The summed E-state index contributed by atoms with van der Waals surface area (Å²) in [7, 11) is 0. The zero-order chi connectivity index (χ0) is 22.2. The maximum absolute atomic E-state index is 13.0. The summed E-state index contributed by atoms with van der Waals surface area (Å²) in [6.45, 7) is 6.40. The molecule has 0 atom stereocenters. The van der Waals surface area contributed by atoms with Crippen LogP contribution in [-0.2, 0) is 6.42 Å². The second kappa shape index (κ2) is 10.8. The number of aromatic hydroxyl groups is 1. The third kappa shape index (κ3) is 5.96. The molecule has 0 saturated carbocycles. The maximum atomic E-state index is 13.0. The van der Waals surface area contributed by atoms with Crippen LogP contribution in [-0.4, -0.2) is 35.6 Å². The quantitative estimate of drug-likeness (QED) is 0.259. The van der Waals surface area contributed by atoms with Gasteiger partial charge in [-0.1, -0.05) is 31.6 Å². The van der Waals surface area contributed by atoms with Gasteiger partial charge in [-0.25, -0.2) is 4.98 Å². The molecule has 31 heavy (non-hydrogen) atoms. The number of nitrogens with zero attached hydrogens (tertiary/aromatic N) is 1. The zero-order valence-electron chi connectivity index (χ0n) is 17.8. The highest BCUT2D eigenvalue weighted by atomic mass is 32.1. The average molecular weight is 441 g/mol. The number of nitrogen functional groups attached to an aromatic ring is 1. The lowest BCUT2D eigenvalue weighted by atomic mass is 10.0. The van der Waals surface area contributed by atoms with Gasteiger partial charge < -0.3 is 26.2 Å². The molecule has 0 unspecified atom stereocenters. The van der Waals surface area contributed by atoms with Crippen LogP contribution in [0.4, 0.5) is 16.6 Å². The molecule has 0 aliphatic rings. The SMILES string of the molecule is CCCc1cc(C(=O)c2sc(Nc3ccc(OCCNCC)cc3)nc2N)ccc1O. The monoisotopic (exact) mass is 440 g/mol. The molecule has 5 N–H and O–H groups in total. The van der Waals surface area contributed by atoms with E-state index in [1.54, 1.807) is 18.2 Å². The number of carbonyl (C=O) groups excluding carboxylic acids is 1. The molecule has 0 spiro atoms. The Balaban J connectivity index is 1.68. The summed E-state index contributed by atoms with van der Waals surface area (Å²) in [6.07, 6.45) is 1.58. The van der Waals surface area contributed by atoms with Crippen LogP contribution < -0.4 is 21.1 Å². The normalized spacial score (nSPS) is 10.8. The minimum atomic E-state index is -0.204. The molecule has 0 aliphatic carbocycles. The van der Waals surface area contributed by atoms with E-state index in [1.807, 2.05) is 31.2 Å². The molecule has 0 radical (unpaired) electrons. The molecule has 0 aliphatic heterocycles. The Morgan fingerprint density at radius 3 is 2.68 bits per heavy atom. The van der Waals surface area contributed by atoms with E-state index in [9.17, 15) is 9.90 Å². The number of anilines is 3. The van der Waals surface area contributed by atoms with Crippen molar-refractivity contribution in [3.63, 3.8) is 0 Å². The van der Waals surface area contributed by atoms with Gasteiger partial charge in [-0.05, 0) is 61.0 Å². The number of thiazole rings is 1. The van der Waals surface area contributed by atoms with Crippen LogP contribution in [0.3, 0.4) is 0 Å². The fourth-order valence-electron chi connectivity index (χ4n) is 3.05. The lowest BCUT2D eigenvalue weighted by molar-refractivity contribution is 0.104. The predicted octanol–water partition coefficient (Wildman–Crippen LogP) is 4.35. The fraction of sp³-hybridized carbons (Fsp3) is 0.304. The molecule has 2 aromatic carbocycles. The topological polar surface area (TPSA) is 110 Å². The number of nitrogens with one attached hydrogen (secondary N) is 2. The number of ether oxygens (including phenoxy) is 1. The highest BCUT2D eigenvalue weighted by Gasteiger charge is 2.19. The first kappa shape index (κ1) is 22.6. The first-order chi connectivity index (χ1) is 15.0. The van der Waals surface area contributed by atoms with E-state index in [0.717, 1.165) is 36.5 Å². The molecular weight excluding hydrogens is 412 g/mol. The Kier molecular flexibility index (Phi) is 7.86. The third-order valence-corrected chi connectivity index (χ3v) is 5.61. The molecule has 3 aromatic rings. The van der Waals surface area contributed by atoms with Gasteiger partial charge in [0.25, 0.3) is 0 Å². The molecule has 0 bridgehead atoms. The van der Waals surface area contributed by atoms with Crippen molar-refractivity contribution < 1.29 is 14.6 Å². The summed E-state index contributed by atoms with van der Waals surface area (Å²) >= 11 is 1.21. The summed E-state index contributed by atoms with van der Waals surface area (Å²) in [5.74, 6) is 0.969. The fourth-order valence-corrected chi connectivity index (χ4v) is 3.92. The molecule has 1 aromatic heterocycles. The third-order valence-electron chi connectivity index (χ3n) is 4.62. The minimum Gasteiger partial charge on any atom is -0.508 e. The maximum Gasteiger partial charge on any atom is 0.206 e. The number of rotatable bonds is 11. The number of phenols is 1. The minimum absolute atomic E-state index is 0.186. The van der Waals surface area contributed by atoms with Crippen molar-refractivity contribution in [2.45, 2.75) is 26.7 Å². The summed E-state index contributed by atoms with van der Waals surface area (Å²) in [5, 5.41) is 16.9. The standard InChI is InChI=1S/C23H28N4O3S/c1-3-5-15-14-16(6-11-19(15)28)20(29)21-22(24)27-23(31-21)26-17-7-9-18(10-8-17)30-13-12-25-4-2/h6-11,14,25,28H,3-5,12-13,24H2,1-2H3,(H,26,27). The number of hydrogen-bond donors (Lipinski definition) is 4. The predicted molar refractivity (Wildman–Crippen MR) is 126 cm³/mol. The molecule has 3 rings (SSSR count). The second-order valence-electron chi connectivity index (χ2n) is 7.01. The highest BCUT2D eigenvalue weighted by Crippen LogP contribution is 2.31. The van der Waals surface area contributed by atoms with Gasteiger partial charge >= 0.3 is 0 Å². The average Bonchev–Trinajstić information content (AvgIpc) is 3.13. The van der Waals surface area contributed by atoms with Gasteiger partial charge in [0.2, 0.25) is 5.78 Å². The molecule has 7 nitrogen and oxygen atoms in total. The zero-order valence-corrected chi connectivity index (χ0v) is 18.6. The first-order valence-electron chi connectivity index (χ1n) is 10.3. The number of nitrogens with two attached hydrogens (primary N) is 1. The molecule has 1 heterocycles. The number of hydrogen-bond acceptors (Lipinski definition) is 8. The van der Waals surface area contributed by atoms with Crippen LogP contribution in [0.1, 0.15) is 41.1 Å². The van der Waals surface area contributed by atoms with Crippen molar-refractivity contribution in [2.75, 3.05) is 30.7 Å². The number of carbonyl (C=O) groups is 1. The van der Waals surface area contributed by atoms with Crippen molar-refractivity contribution in [1.29, 1.82) is 0 Å². The Morgan fingerprint density at radius 1 is 1.19 bits per heavy atom. The molecule has 164 valence electrons. The van der Waals surface area contributed by atoms with Crippen molar-refractivity contribution in [3.8, 4) is 11.5 Å². The van der Waals surface area contributed by atoms with Crippen molar-refractivity contribution in [3.05, 3.63) is 58.5 Å². The number of ketones is 1. The van der Waals surface area contributed by atoms with E-state index in [0.29, 0.717) is 28.6 Å². The number of phenolic OH excluding ortho intramolecular Hbond substituents is 1. The first-order valence-corrected chi connectivity index (χ1v) is 11.2. The van der Waals surface area contributed by atoms with Crippen LogP contribution in [0.5, 0.6) is 11.5 Å². The summed E-state index contributed by atoms with van der Waals surface area (Å²) in [6, 6.07) is 12.4. The smallest absolute Gasteiger partial charge is 0.206 e. The van der Waals surface area contributed by atoms with Crippen LogP contribution in [0, 0.1) is 0 Å². The van der Waals surface area contributed by atoms with E-state index < -0.39 is 0 Å². The van der Waals surface area contributed by atoms with Gasteiger partial charge in [0.15, 0.2) is 5.13 Å². The van der Waals surface area contributed by atoms with Gasteiger partial charge in [-0.15, -0.1) is 0 Å².